The smallest absolute Gasteiger partial charge is 0.272 e. The fourth-order valence-electron chi connectivity index (χ4n) is 3.23. The SMILES string of the molecule is O=[N+]([O-])c1ccc(N2CCC(N3CCCC3)C2)c(F)c1. The van der Waals surface area contributed by atoms with E-state index in [1.807, 2.05) is 4.90 Å². The number of nitro benzene ring substituents is 1. The summed E-state index contributed by atoms with van der Waals surface area (Å²) in [6.07, 6.45) is 3.54. The van der Waals surface area contributed by atoms with Gasteiger partial charge in [0, 0.05) is 25.2 Å². The fourth-order valence-corrected chi connectivity index (χ4v) is 3.23. The van der Waals surface area contributed by atoms with Crippen LogP contribution in [0.2, 0.25) is 0 Å². The highest BCUT2D eigenvalue weighted by atomic mass is 19.1. The van der Waals surface area contributed by atoms with E-state index in [1.165, 1.54) is 25.0 Å². The molecule has 0 amide bonds. The van der Waals surface area contributed by atoms with Gasteiger partial charge in [-0.1, -0.05) is 0 Å². The van der Waals surface area contributed by atoms with E-state index < -0.39 is 10.7 Å². The molecule has 1 aromatic carbocycles. The van der Waals surface area contributed by atoms with E-state index in [0.29, 0.717) is 11.7 Å². The fraction of sp³-hybridized carbons (Fsp3) is 0.571. The molecule has 5 nitrogen and oxygen atoms in total. The van der Waals surface area contributed by atoms with Crippen molar-refractivity contribution in [3.8, 4) is 0 Å². The number of nitrogens with zero attached hydrogens (tertiary/aromatic N) is 3. The molecule has 0 aromatic heterocycles. The van der Waals surface area contributed by atoms with Gasteiger partial charge in [-0.25, -0.2) is 4.39 Å². The summed E-state index contributed by atoms with van der Waals surface area (Å²) in [5.41, 5.74) is 0.291. The minimum absolute atomic E-state index is 0.193. The summed E-state index contributed by atoms with van der Waals surface area (Å²) in [6, 6.07) is 4.41. The van der Waals surface area contributed by atoms with E-state index in [9.17, 15) is 14.5 Å². The zero-order valence-electron chi connectivity index (χ0n) is 11.3. The van der Waals surface area contributed by atoms with E-state index in [1.54, 1.807) is 0 Å². The van der Waals surface area contributed by atoms with Gasteiger partial charge in [0.25, 0.3) is 5.69 Å². The largest absolute Gasteiger partial charge is 0.368 e. The first-order valence-electron chi connectivity index (χ1n) is 7.08. The number of hydrogen-bond donors (Lipinski definition) is 0. The molecule has 0 saturated carbocycles. The lowest BCUT2D eigenvalue weighted by atomic mass is 10.2. The van der Waals surface area contributed by atoms with Crippen LogP contribution in [0.4, 0.5) is 15.8 Å². The Kier molecular flexibility index (Phi) is 3.56. The van der Waals surface area contributed by atoms with E-state index in [-0.39, 0.29) is 5.69 Å². The second-order valence-corrected chi connectivity index (χ2v) is 5.52. The Morgan fingerprint density at radius 1 is 1.25 bits per heavy atom. The van der Waals surface area contributed by atoms with Crippen LogP contribution in [0.1, 0.15) is 19.3 Å². The second-order valence-electron chi connectivity index (χ2n) is 5.52. The standard InChI is InChI=1S/C14H18FN3O2/c15-13-9-11(18(19)20)3-4-14(13)17-8-5-12(10-17)16-6-1-2-7-16/h3-4,9,12H,1-2,5-8,10H2. The third-order valence-electron chi connectivity index (χ3n) is 4.30. The van der Waals surface area contributed by atoms with Crippen LogP contribution in [-0.2, 0) is 0 Å². The summed E-state index contributed by atoms with van der Waals surface area (Å²) < 4.78 is 14.0. The Hall–Kier alpha value is -1.69. The Labute approximate surface area is 117 Å². The predicted molar refractivity (Wildman–Crippen MR) is 74.5 cm³/mol. The van der Waals surface area contributed by atoms with Crippen molar-refractivity contribution in [2.24, 2.45) is 0 Å². The van der Waals surface area contributed by atoms with Crippen molar-refractivity contribution in [1.82, 2.24) is 4.90 Å². The van der Waals surface area contributed by atoms with Crippen molar-refractivity contribution in [2.45, 2.75) is 25.3 Å². The predicted octanol–water partition coefficient (Wildman–Crippen LogP) is 2.41. The quantitative estimate of drug-likeness (QED) is 0.630. The van der Waals surface area contributed by atoms with Crippen molar-refractivity contribution < 1.29 is 9.31 Å². The van der Waals surface area contributed by atoms with E-state index in [2.05, 4.69) is 4.90 Å². The number of hydrogen-bond acceptors (Lipinski definition) is 4. The number of halogens is 1. The van der Waals surface area contributed by atoms with Gasteiger partial charge in [0.05, 0.1) is 16.7 Å². The van der Waals surface area contributed by atoms with Gasteiger partial charge in [0.2, 0.25) is 0 Å². The molecule has 0 radical (unpaired) electrons. The summed E-state index contributed by atoms with van der Waals surface area (Å²) in [7, 11) is 0. The minimum atomic E-state index is -0.566. The normalized spacial score (nSPS) is 23.4. The van der Waals surface area contributed by atoms with Gasteiger partial charge in [0.1, 0.15) is 0 Å². The zero-order chi connectivity index (χ0) is 14.1. The van der Waals surface area contributed by atoms with Gasteiger partial charge in [-0.15, -0.1) is 0 Å². The van der Waals surface area contributed by atoms with Crippen molar-refractivity contribution in [3.63, 3.8) is 0 Å². The maximum Gasteiger partial charge on any atom is 0.272 e. The third kappa shape index (κ3) is 2.47. The van der Waals surface area contributed by atoms with Crippen molar-refractivity contribution in [2.75, 3.05) is 31.1 Å². The highest BCUT2D eigenvalue weighted by molar-refractivity contribution is 5.53. The van der Waals surface area contributed by atoms with Crippen molar-refractivity contribution in [1.29, 1.82) is 0 Å². The maximum absolute atomic E-state index is 14.0. The monoisotopic (exact) mass is 279 g/mol. The van der Waals surface area contributed by atoms with Gasteiger partial charge >= 0.3 is 0 Å². The van der Waals surface area contributed by atoms with Crippen molar-refractivity contribution in [3.05, 3.63) is 34.1 Å². The van der Waals surface area contributed by atoms with Gasteiger partial charge in [-0.3, -0.25) is 15.0 Å². The second kappa shape index (κ2) is 5.36. The topological polar surface area (TPSA) is 49.6 Å². The Balaban J connectivity index is 1.72. The molecule has 0 N–H and O–H groups in total. The Morgan fingerprint density at radius 3 is 2.65 bits per heavy atom. The molecule has 6 heteroatoms. The van der Waals surface area contributed by atoms with Gasteiger partial charge < -0.3 is 4.90 Å². The van der Waals surface area contributed by atoms with Crippen molar-refractivity contribution >= 4 is 11.4 Å². The summed E-state index contributed by atoms with van der Waals surface area (Å²) in [6.45, 7) is 3.91. The third-order valence-corrected chi connectivity index (χ3v) is 4.30. The molecule has 2 saturated heterocycles. The number of benzene rings is 1. The molecule has 20 heavy (non-hydrogen) atoms. The highest BCUT2D eigenvalue weighted by Crippen LogP contribution is 2.29. The molecule has 1 unspecified atom stereocenters. The lowest BCUT2D eigenvalue weighted by molar-refractivity contribution is -0.385. The number of anilines is 1. The number of rotatable bonds is 3. The summed E-state index contributed by atoms with van der Waals surface area (Å²) in [5.74, 6) is -0.499. The van der Waals surface area contributed by atoms with Crippen LogP contribution in [0.15, 0.2) is 18.2 Å². The van der Waals surface area contributed by atoms with Gasteiger partial charge in [-0.2, -0.15) is 0 Å². The zero-order valence-corrected chi connectivity index (χ0v) is 11.3. The summed E-state index contributed by atoms with van der Waals surface area (Å²) in [4.78, 5) is 14.5. The molecule has 3 rings (SSSR count). The summed E-state index contributed by atoms with van der Waals surface area (Å²) in [5, 5.41) is 10.6. The van der Waals surface area contributed by atoms with Crippen LogP contribution in [0.5, 0.6) is 0 Å². The van der Waals surface area contributed by atoms with Crippen LogP contribution in [0.3, 0.4) is 0 Å². The Bertz CT molecular complexity index is 517. The number of non-ortho nitro benzene ring substituents is 1. The molecule has 0 bridgehead atoms. The van der Waals surface area contributed by atoms with E-state index in [4.69, 9.17) is 0 Å². The van der Waals surface area contributed by atoms with Gasteiger partial charge in [0.15, 0.2) is 5.82 Å². The molecule has 2 aliphatic rings. The van der Waals surface area contributed by atoms with E-state index in [0.717, 1.165) is 38.7 Å². The molecular formula is C14H18FN3O2. The minimum Gasteiger partial charge on any atom is -0.368 e. The first-order chi connectivity index (χ1) is 9.65. The van der Waals surface area contributed by atoms with Crippen LogP contribution < -0.4 is 4.90 Å². The molecule has 2 heterocycles. The van der Waals surface area contributed by atoms with Crippen LogP contribution in [0.25, 0.3) is 0 Å². The maximum atomic E-state index is 14.0. The van der Waals surface area contributed by atoms with Crippen LogP contribution in [-0.4, -0.2) is 42.0 Å². The highest BCUT2D eigenvalue weighted by Gasteiger charge is 2.30. The molecule has 0 aliphatic carbocycles. The summed E-state index contributed by atoms with van der Waals surface area (Å²) >= 11 is 0. The molecule has 2 aliphatic heterocycles. The lowest BCUT2D eigenvalue weighted by Crippen LogP contribution is -2.35. The average molecular weight is 279 g/mol. The molecule has 1 atom stereocenters. The van der Waals surface area contributed by atoms with Crippen LogP contribution >= 0.6 is 0 Å². The average Bonchev–Trinajstić information content (AvgIpc) is 3.09. The first kappa shape index (κ1) is 13.3. The van der Waals surface area contributed by atoms with E-state index >= 15 is 0 Å². The molecule has 108 valence electrons. The molecule has 1 aromatic rings. The molecule has 0 spiro atoms. The molecular weight excluding hydrogens is 261 g/mol. The van der Waals surface area contributed by atoms with Crippen LogP contribution in [0, 0.1) is 15.9 Å². The number of nitro groups is 1. The van der Waals surface area contributed by atoms with Gasteiger partial charge in [-0.05, 0) is 38.4 Å². The first-order valence-corrected chi connectivity index (χ1v) is 7.08. The molecule has 2 fully saturated rings. The number of likely N-dealkylation sites (tertiary alicyclic amines) is 1. The Morgan fingerprint density at radius 2 is 2.00 bits per heavy atom. The lowest BCUT2D eigenvalue weighted by Gasteiger charge is -2.24.